The van der Waals surface area contributed by atoms with E-state index in [2.05, 4.69) is 24.8 Å². The molecule has 0 saturated heterocycles. The predicted octanol–water partition coefficient (Wildman–Crippen LogP) is 3.36. The molecule has 2 rings (SSSR count). The fraction of sp³-hybridized carbons (Fsp3) is 0.412. The maximum Gasteiger partial charge on any atom is 0.173 e. The quantitative estimate of drug-likeness (QED) is 0.849. The number of hydrogen-bond donors (Lipinski definition) is 0. The molecule has 4 nitrogen and oxygen atoms in total. The third kappa shape index (κ3) is 2.85. The molecule has 1 atom stereocenters. The Morgan fingerprint density at radius 3 is 2.48 bits per heavy atom. The summed E-state index contributed by atoms with van der Waals surface area (Å²) in [6.07, 6.45) is 1.36. The van der Waals surface area contributed by atoms with Gasteiger partial charge in [-0.1, -0.05) is 0 Å². The molecule has 1 aliphatic heterocycles. The van der Waals surface area contributed by atoms with Crippen LogP contribution in [0.4, 0.5) is 5.69 Å². The number of nitrogens with zero attached hydrogens (tertiary/aromatic N) is 3. The zero-order valence-corrected chi connectivity index (χ0v) is 12.6. The van der Waals surface area contributed by atoms with E-state index >= 15 is 0 Å². The summed E-state index contributed by atoms with van der Waals surface area (Å²) < 4.78 is 5.88. The van der Waals surface area contributed by atoms with E-state index in [9.17, 15) is 0 Å². The molecule has 4 heteroatoms. The van der Waals surface area contributed by atoms with E-state index in [4.69, 9.17) is 15.3 Å². The fourth-order valence-corrected chi connectivity index (χ4v) is 2.58. The van der Waals surface area contributed by atoms with Crippen LogP contribution >= 0.6 is 0 Å². The van der Waals surface area contributed by atoms with Crippen molar-refractivity contribution in [1.82, 2.24) is 0 Å². The summed E-state index contributed by atoms with van der Waals surface area (Å²) in [4.78, 5) is 2.23. The third-order valence-corrected chi connectivity index (χ3v) is 3.80. The average Bonchev–Trinajstić information content (AvgIpc) is 2.49. The molecule has 21 heavy (non-hydrogen) atoms. The van der Waals surface area contributed by atoms with Crippen molar-refractivity contribution in [2.75, 3.05) is 18.0 Å². The van der Waals surface area contributed by atoms with E-state index in [1.807, 2.05) is 37.3 Å². The third-order valence-electron chi connectivity index (χ3n) is 3.80. The summed E-state index contributed by atoms with van der Waals surface area (Å²) in [6, 6.07) is 10.1. The molecule has 0 N–H and O–H groups in total. The molecule has 0 bridgehead atoms. The van der Waals surface area contributed by atoms with Gasteiger partial charge in [-0.3, -0.25) is 0 Å². The van der Waals surface area contributed by atoms with Crippen LogP contribution in [0.2, 0.25) is 0 Å². The minimum atomic E-state index is -0.787. The van der Waals surface area contributed by atoms with E-state index in [1.165, 1.54) is 0 Å². The first-order valence-corrected chi connectivity index (χ1v) is 7.18. The van der Waals surface area contributed by atoms with Crippen LogP contribution in [-0.4, -0.2) is 19.2 Å². The number of fused-ring (bicyclic) bond motifs is 1. The second-order valence-electron chi connectivity index (χ2n) is 5.02. The van der Waals surface area contributed by atoms with Crippen LogP contribution < -0.4 is 9.64 Å². The van der Waals surface area contributed by atoms with Crippen molar-refractivity contribution >= 4 is 11.3 Å². The lowest BCUT2D eigenvalue weighted by Crippen LogP contribution is -2.27. The molecule has 0 saturated carbocycles. The maximum atomic E-state index is 9.04. The van der Waals surface area contributed by atoms with E-state index in [1.54, 1.807) is 0 Å². The lowest BCUT2D eigenvalue weighted by atomic mass is 9.96. The standard InChI is InChI=1S/C17H19N3O/c1-4-20(5-2)14-6-7-15-12(3)8-16(13(10-18)11-19)21-17(15)9-14/h6-9,13,16H,4-5H2,1-3H3. The Morgan fingerprint density at radius 1 is 1.24 bits per heavy atom. The summed E-state index contributed by atoms with van der Waals surface area (Å²) in [6.45, 7) is 8.05. The van der Waals surface area contributed by atoms with Crippen LogP contribution in [0.3, 0.4) is 0 Å². The van der Waals surface area contributed by atoms with Crippen molar-refractivity contribution in [2.45, 2.75) is 26.9 Å². The molecule has 0 aromatic heterocycles. The van der Waals surface area contributed by atoms with Crippen LogP contribution in [0.5, 0.6) is 5.75 Å². The topological polar surface area (TPSA) is 60.0 Å². The molecule has 108 valence electrons. The summed E-state index contributed by atoms with van der Waals surface area (Å²) in [7, 11) is 0. The van der Waals surface area contributed by atoms with Crippen LogP contribution in [0.15, 0.2) is 24.3 Å². The highest BCUT2D eigenvalue weighted by atomic mass is 16.5. The Kier molecular flexibility index (Phi) is 4.50. The highest BCUT2D eigenvalue weighted by Crippen LogP contribution is 2.36. The lowest BCUT2D eigenvalue weighted by molar-refractivity contribution is 0.224. The lowest BCUT2D eigenvalue weighted by Gasteiger charge is -2.27. The minimum absolute atomic E-state index is 0.501. The number of rotatable bonds is 4. The van der Waals surface area contributed by atoms with Gasteiger partial charge in [0.05, 0.1) is 12.1 Å². The van der Waals surface area contributed by atoms with Crippen molar-refractivity contribution in [3.8, 4) is 17.9 Å². The predicted molar refractivity (Wildman–Crippen MR) is 82.8 cm³/mol. The van der Waals surface area contributed by atoms with E-state index < -0.39 is 12.0 Å². The largest absolute Gasteiger partial charge is 0.483 e. The number of ether oxygens (including phenoxy) is 1. The van der Waals surface area contributed by atoms with Gasteiger partial charge in [-0.05, 0) is 44.6 Å². The zero-order valence-electron chi connectivity index (χ0n) is 12.6. The molecule has 1 aromatic carbocycles. The Bertz CT molecular complexity index is 618. The molecule has 0 aliphatic carbocycles. The van der Waals surface area contributed by atoms with Crippen LogP contribution in [0, 0.1) is 28.6 Å². The first-order valence-electron chi connectivity index (χ1n) is 7.18. The van der Waals surface area contributed by atoms with Crippen molar-refractivity contribution in [2.24, 2.45) is 5.92 Å². The zero-order chi connectivity index (χ0) is 15.4. The molecule has 1 aliphatic rings. The Hall–Kier alpha value is -2.46. The second-order valence-corrected chi connectivity index (χ2v) is 5.02. The average molecular weight is 281 g/mol. The van der Waals surface area contributed by atoms with Crippen molar-refractivity contribution in [1.29, 1.82) is 10.5 Å². The molecule has 1 unspecified atom stereocenters. The van der Waals surface area contributed by atoms with Gasteiger partial charge < -0.3 is 9.64 Å². The first kappa shape index (κ1) is 14.9. The molecular weight excluding hydrogens is 262 g/mol. The summed E-state index contributed by atoms with van der Waals surface area (Å²) in [5, 5.41) is 18.1. The fourth-order valence-electron chi connectivity index (χ4n) is 2.58. The Labute approximate surface area is 125 Å². The second kappa shape index (κ2) is 6.33. The number of nitriles is 2. The highest BCUT2D eigenvalue weighted by Gasteiger charge is 2.26. The molecule has 0 fully saturated rings. The number of hydrogen-bond acceptors (Lipinski definition) is 4. The number of benzene rings is 1. The molecule has 1 aromatic rings. The summed E-state index contributed by atoms with van der Waals surface area (Å²) in [5.41, 5.74) is 3.16. The monoisotopic (exact) mass is 281 g/mol. The molecule has 0 spiro atoms. The number of anilines is 1. The Balaban J connectivity index is 2.38. The summed E-state index contributed by atoms with van der Waals surface area (Å²) in [5.74, 6) is -0.0369. The van der Waals surface area contributed by atoms with Crippen LogP contribution in [0.25, 0.3) is 5.57 Å². The van der Waals surface area contributed by atoms with Gasteiger partial charge in [-0.25, -0.2) is 0 Å². The highest BCUT2D eigenvalue weighted by molar-refractivity contribution is 5.74. The van der Waals surface area contributed by atoms with Crippen molar-refractivity contribution in [3.63, 3.8) is 0 Å². The van der Waals surface area contributed by atoms with Gasteiger partial charge in [0, 0.05) is 30.4 Å². The van der Waals surface area contributed by atoms with Gasteiger partial charge in [0.25, 0.3) is 0 Å². The van der Waals surface area contributed by atoms with Gasteiger partial charge in [0.1, 0.15) is 11.9 Å². The van der Waals surface area contributed by atoms with Gasteiger partial charge >= 0.3 is 0 Å². The molecule has 0 amide bonds. The smallest absolute Gasteiger partial charge is 0.173 e. The van der Waals surface area contributed by atoms with Crippen molar-refractivity contribution in [3.05, 3.63) is 29.8 Å². The molecule has 1 heterocycles. The summed E-state index contributed by atoms with van der Waals surface area (Å²) >= 11 is 0. The van der Waals surface area contributed by atoms with E-state index in [0.29, 0.717) is 0 Å². The number of allylic oxidation sites excluding steroid dienone is 1. The first-order chi connectivity index (χ1) is 10.1. The van der Waals surface area contributed by atoms with Gasteiger partial charge in [0.2, 0.25) is 0 Å². The van der Waals surface area contributed by atoms with Gasteiger partial charge in [-0.15, -0.1) is 0 Å². The van der Waals surface area contributed by atoms with Crippen molar-refractivity contribution < 1.29 is 4.74 Å². The molecular formula is C17H19N3O. The minimum Gasteiger partial charge on any atom is -0.483 e. The maximum absolute atomic E-state index is 9.04. The van der Waals surface area contributed by atoms with Crippen LogP contribution in [0.1, 0.15) is 26.3 Å². The van der Waals surface area contributed by atoms with Gasteiger partial charge in [-0.2, -0.15) is 10.5 Å². The Morgan fingerprint density at radius 2 is 1.90 bits per heavy atom. The van der Waals surface area contributed by atoms with Gasteiger partial charge in [0.15, 0.2) is 5.92 Å². The normalized spacial score (nSPS) is 16.3. The van der Waals surface area contributed by atoms with E-state index in [0.717, 1.165) is 35.7 Å². The van der Waals surface area contributed by atoms with Crippen LogP contribution in [-0.2, 0) is 0 Å². The molecule has 0 radical (unpaired) electrons. The SMILES string of the molecule is CCN(CC)c1ccc2c(c1)OC(C(C#N)C#N)C=C2C. The van der Waals surface area contributed by atoms with E-state index in [-0.39, 0.29) is 0 Å².